The van der Waals surface area contributed by atoms with Crippen molar-refractivity contribution < 1.29 is 4.79 Å². The van der Waals surface area contributed by atoms with Crippen molar-refractivity contribution in [1.29, 1.82) is 0 Å². The highest BCUT2D eigenvalue weighted by molar-refractivity contribution is 7.07. The number of thiophene rings is 1. The Morgan fingerprint density at radius 1 is 1.06 bits per heavy atom. The molecule has 2 atom stereocenters. The largest absolute Gasteiger partial charge is 0.344 e. The minimum Gasteiger partial charge on any atom is -0.344 e. The van der Waals surface area contributed by atoms with Crippen molar-refractivity contribution in [2.45, 2.75) is 31.1 Å². The molecule has 7 nitrogen and oxygen atoms in total. The highest BCUT2D eigenvalue weighted by Gasteiger charge is 2.39. The fourth-order valence-corrected chi connectivity index (χ4v) is 5.02. The van der Waals surface area contributed by atoms with Gasteiger partial charge in [-0.05, 0) is 50.4 Å². The molecular weight excluding hydrogens is 420 g/mol. The molecule has 0 unspecified atom stereocenters. The summed E-state index contributed by atoms with van der Waals surface area (Å²) >= 11 is 1.67. The van der Waals surface area contributed by atoms with Gasteiger partial charge in [-0.2, -0.15) is 11.3 Å². The second-order valence-corrected chi connectivity index (χ2v) is 8.80. The SMILES string of the molecule is O=C(NC(c1ccccc1)c1ccccc1)[C@@H]1C[C@@H](n2cnnn2)CN1Cc1ccsc1. The number of carbonyl (C=O) groups excluding carboxylic acids is 1. The highest BCUT2D eigenvalue weighted by Crippen LogP contribution is 2.30. The number of rotatable bonds is 7. The molecule has 5 rings (SSSR count). The fourth-order valence-electron chi connectivity index (χ4n) is 4.36. The lowest BCUT2D eigenvalue weighted by Crippen LogP contribution is -2.44. The van der Waals surface area contributed by atoms with Crippen molar-refractivity contribution in [1.82, 2.24) is 30.4 Å². The van der Waals surface area contributed by atoms with Crippen LogP contribution in [0.2, 0.25) is 0 Å². The van der Waals surface area contributed by atoms with Gasteiger partial charge in [-0.3, -0.25) is 9.69 Å². The summed E-state index contributed by atoms with van der Waals surface area (Å²) < 4.78 is 1.76. The summed E-state index contributed by atoms with van der Waals surface area (Å²) in [6, 6.07) is 21.9. The predicted molar refractivity (Wildman–Crippen MR) is 123 cm³/mol. The number of benzene rings is 2. The first-order valence-electron chi connectivity index (χ1n) is 10.7. The lowest BCUT2D eigenvalue weighted by molar-refractivity contribution is -0.126. The molecule has 0 spiro atoms. The van der Waals surface area contributed by atoms with Crippen LogP contribution in [-0.4, -0.2) is 43.6 Å². The van der Waals surface area contributed by atoms with Crippen LogP contribution in [0.1, 0.15) is 35.2 Å². The second-order valence-electron chi connectivity index (χ2n) is 8.02. The Bertz CT molecular complexity index is 1080. The van der Waals surface area contributed by atoms with Gasteiger partial charge in [-0.1, -0.05) is 60.7 Å². The molecule has 0 saturated carbocycles. The molecule has 0 radical (unpaired) electrons. The van der Waals surface area contributed by atoms with Gasteiger partial charge in [0.25, 0.3) is 0 Å². The predicted octanol–water partition coefficient (Wildman–Crippen LogP) is 3.46. The standard InChI is InChI=1S/C24H24N6OS/c31-24(26-23(19-7-3-1-4-8-19)20-9-5-2-6-10-20)22-13-21(30-17-25-27-28-30)15-29(22)14-18-11-12-32-16-18/h1-12,16-17,21-23H,13-15H2,(H,26,31)/t21-,22+/m1/s1. The number of aromatic nitrogens is 4. The number of tetrazole rings is 1. The highest BCUT2D eigenvalue weighted by atomic mass is 32.1. The normalized spacial score (nSPS) is 18.8. The van der Waals surface area contributed by atoms with Crippen LogP contribution in [0.3, 0.4) is 0 Å². The maximum absolute atomic E-state index is 13.6. The van der Waals surface area contributed by atoms with E-state index in [1.807, 2.05) is 36.4 Å². The molecule has 0 bridgehead atoms. The van der Waals surface area contributed by atoms with Crippen molar-refractivity contribution in [2.75, 3.05) is 6.54 Å². The van der Waals surface area contributed by atoms with E-state index in [4.69, 9.17) is 0 Å². The van der Waals surface area contributed by atoms with E-state index in [0.717, 1.165) is 24.2 Å². The van der Waals surface area contributed by atoms with Gasteiger partial charge in [0.15, 0.2) is 0 Å². The average Bonchev–Trinajstić information content (AvgIpc) is 3.61. The van der Waals surface area contributed by atoms with Crippen molar-refractivity contribution in [3.63, 3.8) is 0 Å². The average molecular weight is 445 g/mol. The minimum atomic E-state index is -0.265. The number of nitrogens with zero attached hydrogens (tertiary/aromatic N) is 5. The molecule has 2 aromatic carbocycles. The summed E-state index contributed by atoms with van der Waals surface area (Å²) in [7, 11) is 0. The van der Waals surface area contributed by atoms with E-state index in [2.05, 4.69) is 66.8 Å². The van der Waals surface area contributed by atoms with Gasteiger partial charge >= 0.3 is 0 Å². The van der Waals surface area contributed by atoms with Crippen molar-refractivity contribution in [3.8, 4) is 0 Å². The van der Waals surface area contributed by atoms with E-state index < -0.39 is 0 Å². The molecule has 32 heavy (non-hydrogen) atoms. The number of amides is 1. The van der Waals surface area contributed by atoms with Crippen LogP contribution in [0.15, 0.2) is 83.8 Å². The molecule has 1 N–H and O–H groups in total. The third-order valence-electron chi connectivity index (χ3n) is 5.94. The zero-order valence-corrected chi connectivity index (χ0v) is 18.3. The number of nitrogens with one attached hydrogen (secondary N) is 1. The topological polar surface area (TPSA) is 75.9 Å². The Morgan fingerprint density at radius 3 is 2.38 bits per heavy atom. The van der Waals surface area contributed by atoms with E-state index in [-0.39, 0.29) is 24.0 Å². The molecule has 4 aromatic rings. The smallest absolute Gasteiger partial charge is 0.238 e. The summed E-state index contributed by atoms with van der Waals surface area (Å²) in [5.41, 5.74) is 3.34. The van der Waals surface area contributed by atoms with E-state index in [9.17, 15) is 4.79 Å². The van der Waals surface area contributed by atoms with E-state index >= 15 is 0 Å². The lowest BCUT2D eigenvalue weighted by atomic mass is 9.98. The van der Waals surface area contributed by atoms with Crippen molar-refractivity contribution >= 4 is 17.2 Å². The van der Waals surface area contributed by atoms with Gasteiger partial charge in [-0.25, -0.2) is 4.68 Å². The maximum Gasteiger partial charge on any atom is 0.238 e. The molecule has 1 aliphatic heterocycles. The van der Waals surface area contributed by atoms with Gasteiger partial charge in [0, 0.05) is 13.1 Å². The summed E-state index contributed by atoms with van der Waals surface area (Å²) in [5.74, 6) is 0.0218. The Balaban J connectivity index is 1.40. The number of hydrogen-bond acceptors (Lipinski definition) is 6. The van der Waals surface area contributed by atoms with E-state index in [1.165, 1.54) is 5.56 Å². The van der Waals surface area contributed by atoms with Gasteiger partial charge in [0.05, 0.1) is 18.1 Å². The summed E-state index contributed by atoms with van der Waals surface area (Å²) in [5, 5.41) is 19.2. The fraction of sp³-hybridized carbons (Fsp3) is 0.250. The quantitative estimate of drug-likeness (QED) is 0.473. The van der Waals surface area contributed by atoms with Gasteiger partial charge in [0.1, 0.15) is 6.33 Å². The van der Waals surface area contributed by atoms with Crippen LogP contribution in [-0.2, 0) is 11.3 Å². The summed E-state index contributed by atoms with van der Waals surface area (Å²) in [4.78, 5) is 15.9. The zero-order chi connectivity index (χ0) is 21.8. The first-order chi connectivity index (χ1) is 15.8. The molecular formula is C24H24N6OS. The van der Waals surface area contributed by atoms with Crippen molar-refractivity contribution in [3.05, 3.63) is 101 Å². The van der Waals surface area contributed by atoms with Crippen LogP contribution in [0.25, 0.3) is 0 Å². The molecule has 1 aliphatic rings. The zero-order valence-electron chi connectivity index (χ0n) is 17.5. The first-order valence-corrected chi connectivity index (χ1v) is 11.6. The van der Waals surface area contributed by atoms with Crippen LogP contribution in [0.4, 0.5) is 0 Å². The number of carbonyl (C=O) groups is 1. The summed E-state index contributed by atoms with van der Waals surface area (Å²) in [6.07, 6.45) is 2.29. The Kier molecular flexibility index (Phi) is 6.04. The van der Waals surface area contributed by atoms with Gasteiger partial charge in [0.2, 0.25) is 5.91 Å². The van der Waals surface area contributed by atoms with E-state index in [1.54, 1.807) is 22.3 Å². The van der Waals surface area contributed by atoms with Crippen LogP contribution < -0.4 is 5.32 Å². The molecule has 1 saturated heterocycles. The Labute approximate surface area is 190 Å². The molecule has 0 aliphatic carbocycles. The van der Waals surface area contributed by atoms with Gasteiger partial charge in [-0.15, -0.1) is 5.10 Å². The molecule has 1 amide bonds. The Hall–Kier alpha value is -3.36. The third kappa shape index (κ3) is 4.46. The Morgan fingerprint density at radius 2 is 1.78 bits per heavy atom. The minimum absolute atomic E-state index is 0.0218. The van der Waals surface area contributed by atoms with Crippen LogP contribution in [0.5, 0.6) is 0 Å². The number of likely N-dealkylation sites (tertiary alicyclic amines) is 1. The lowest BCUT2D eigenvalue weighted by Gasteiger charge is -2.26. The monoisotopic (exact) mass is 444 g/mol. The summed E-state index contributed by atoms with van der Waals surface area (Å²) in [6.45, 7) is 1.45. The van der Waals surface area contributed by atoms with Crippen LogP contribution in [0, 0.1) is 0 Å². The molecule has 162 valence electrons. The van der Waals surface area contributed by atoms with Crippen LogP contribution >= 0.6 is 11.3 Å². The molecule has 1 fully saturated rings. The number of hydrogen-bond donors (Lipinski definition) is 1. The molecule has 3 heterocycles. The van der Waals surface area contributed by atoms with Gasteiger partial charge < -0.3 is 5.32 Å². The first kappa shape index (κ1) is 20.5. The third-order valence-corrected chi connectivity index (χ3v) is 6.67. The molecule has 8 heteroatoms. The van der Waals surface area contributed by atoms with Crippen molar-refractivity contribution in [2.24, 2.45) is 0 Å². The second kappa shape index (κ2) is 9.42. The molecule has 2 aromatic heterocycles. The van der Waals surface area contributed by atoms with E-state index in [0.29, 0.717) is 6.42 Å². The maximum atomic E-state index is 13.6.